The molecule has 0 aromatic carbocycles. The molecule has 2 N–H and O–H groups in total. The lowest BCUT2D eigenvalue weighted by molar-refractivity contribution is 0.0688. The first kappa shape index (κ1) is 13.1. The highest BCUT2D eigenvalue weighted by Gasteiger charge is 2.28. The Balaban J connectivity index is 2.18. The fraction of sp³-hybridized carbons (Fsp3) is 0.417. The van der Waals surface area contributed by atoms with E-state index in [0.29, 0.717) is 26.1 Å². The van der Waals surface area contributed by atoms with Gasteiger partial charge in [0.05, 0.1) is 12.2 Å². The van der Waals surface area contributed by atoms with Gasteiger partial charge in [-0.2, -0.15) is 5.10 Å². The van der Waals surface area contributed by atoms with Crippen LogP contribution in [0, 0.1) is 0 Å². The third kappa shape index (κ3) is 2.44. The highest BCUT2D eigenvalue weighted by Crippen LogP contribution is 2.21. The van der Waals surface area contributed by atoms with Gasteiger partial charge in [0, 0.05) is 25.7 Å². The standard InChI is InChI=1S/C12H16N4O3/c1-3-5-13-12(19)16-6-4-8-9(7-16)15(2)14-10(8)11(17)18/h3H,1,4-7H2,2H3,(H,13,19)(H,17,18). The molecule has 2 heterocycles. The zero-order valence-electron chi connectivity index (χ0n) is 10.7. The summed E-state index contributed by atoms with van der Waals surface area (Å²) in [6, 6.07) is -0.177. The Bertz CT molecular complexity index is 535. The molecule has 1 aliphatic rings. The second kappa shape index (κ2) is 5.13. The van der Waals surface area contributed by atoms with Crippen LogP contribution in [0.5, 0.6) is 0 Å². The number of carboxylic acid groups (broad SMARTS) is 1. The van der Waals surface area contributed by atoms with Gasteiger partial charge in [-0.1, -0.05) is 6.08 Å². The SMILES string of the molecule is C=CCNC(=O)N1CCc2c(C(=O)O)nn(C)c2C1. The maximum Gasteiger partial charge on any atom is 0.356 e. The molecule has 102 valence electrons. The van der Waals surface area contributed by atoms with Crippen LogP contribution in [0.4, 0.5) is 4.79 Å². The van der Waals surface area contributed by atoms with Gasteiger partial charge in [0.2, 0.25) is 0 Å². The van der Waals surface area contributed by atoms with Gasteiger partial charge in [0.1, 0.15) is 0 Å². The van der Waals surface area contributed by atoms with E-state index >= 15 is 0 Å². The van der Waals surface area contributed by atoms with E-state index in [1.165, 1.54) is 4.68 Å². The number of hydrogen-bond acceptors (Lipinski definition) is 3. The van der Waals surface area contributed by atoms with Gasteiger partial charge in [0.25, 0.3) is 0 Å². The summed E-state index contributed by atoms with van der Waals surface area (Å²) in [7, 11) is 1.69. The number of carboxylic acids is 1. The summed E-state index contributed by atoms with van der Waals surface area (Å²) in [6.07, 6.45) is 2.12. The van der Waals surface area contributed by atoms with E-state index in [2.05, 4.69) is 17.0 Å². The molecule has 19 heavy (non-hydrogen) atoms. The Labute approximate surface area is 110 Å². The maximum atomic E-state index is 11.8. The van der Waals surface area contributed by atoms with Gasteiger partial charge >= 0.3 is 12.0 Å². The first-order valence-corrected chi connectivity index (χ1v) is 5.96. The fourth-order valence-corrected chi connectivity index (χ4v) is 2.19. The number of rotatable bonds is 3. The molecule has 7 heteroatoms. The van der Waals surface area contributed by atoms with Gasteiger partial charge in [0.15, 0.2) is 5.69 Å². The lowest BCUT2D eigenvalue weighted by Crippen LogP contribution is -2.43. The minimum atomic E-state index is -1.03. The number of nitrogens with zero attached hydrogens (tertiary/aromatic N) is 3. The van der Waals surface area contributed by atoms with E-state index in [0.717, 1.165) is 11.3 Å². The number of nitrogens with one attached hydrogen (secondary N) is 1. The zero-order valence-corrected chi connectivity index (χ0v) is 10.7. The molecule has 0 aliphatic carbocycles. The van der Waals surface area contributed by atoms with Crippen LogP contribution in [-0.2, 0) is 20.0 Å². The number of urea groups is 1. The van der Waals surface area contributed by atoms with Crippen molar-refractivity contribution >= 4 is 12.0 Å². The van der Waals surface area contributed by atoms with Crippen molar-refractivity contribution < 1.29 is 14.7 Å². The average molecular weight is 264 g/mol. The van der Waals surface area contributed by atoms with E-state index in [1.807, 2.05) is 0 Å². The third-order valence-electron chi connectivity index (χ3n) is 3.13. The first-order valence-electron chi connectivity index (χ1n) is 5.96. The number of carbonyl (C=O) groups is 2. The molecule has 2 rings (SSSR count). The lowest BCUT2D eigenvalue weighted by Gasteiger charge is -2.27. The van der Waals surface area contributed by atoms with E-state index < -0.39 is 5.97 Å². The molecule has 0 fully saturated rings. The normalized spacial score (nSPS) is 13.8. The monoisotopic (exact) mass is 264 g/mol. The van der Waals surface area contributed by atoms with E-state index in [4.69, 9.17) is 5.11 Å². The molecular weight excluding hydrogens is 248 g/mol. The first-order chi connectivity index (χ1) is 9.04. The molecule has 1 aromatic heterocycles. The van der Waals surface area contributed by atoms with Crippen LogP contribution in [0.25, 0.3) is 0 Å². The quantitative estimate of drug-likeness (QED) is 0.772. The number of aryl methyl sites for hydroxylation is 1. The van der Waals surface area contributed by atoms with Crippen LogP contribution >= 0.6 is 0 Å². The predicted octanol–water partition coefficient (Wildman–Crippen LogP) is 0.372. The van der Waals surface area contributed by atoms with Crippen molar-refractivity contribution in [3.05, 3.63) is 29.6 Å². The summed E-state index contributed by atoms with van der Waals surface area (Å²) in [4.78, 5) is 24.5. The molecule has 0 radical (unpaired) electrons. The Morgan fingerprint density at radius 1 is 1.58 bits per heavy atom. The number of aromatic carboxylic acids is 1. The third-order valence-corrected chi connectivity index (χ3v) is 3.13. The Morgan fingerprint density at radius 3 is 2.95 bits per heavy atom. The largest absolute Gasteiger partial charge is 0.476 e. The topological polar surface area (TPSA) is 87.5 Å². The number of aromatic nitrogens is 2. The molecule has 0 spiro atoms. The van der Waals surface area contributed by atoms with Crippen molar-refractivity contribution in [1.82, 2.24) is 20.0 Å². The molecule has 2 amide bonds. The lowest BCUT2D eigenvalue weighted by atomic mass is 10.0. The maximum absolute atomic E-state index is 11.8. The number of fused-ring (bicyclic) bond motifs is 1. The van der Waals surface area contributed by atoms with E-state index in [-0.39, 0.29) is 11.7 Å². The van der Waals surface area contributed by atoms with Crippen LogP contribution in [0.1, 0.15) is 21.7 Å². The minimum absolute atomic E-state index is 0.0867. The minimum Gasteiger partial charge on any atom is -0.476 e. The van der Waals surface area contributed by atoms with Crippen molar-refractivity contribution in [2.75, 3.05) is 13.1 Å². The second-order valence-electron chi connectivity index (χ2n) is 4.35. The molecule has 1 aromatic rings. The van der Waals surface area contributed by atoms with Crippen LogP contribution in [-0.4, -0.2) is 44.9 Å². The van der Waals surface area contributed by atoms with Crippen molar-refractivity contribution in [1.29, 1.82) is 0 Å². The zero-order chi connectivity index (χ0) is 14.0. The summed E-state index contributed by atoms with van der Waals surface area (Å²) >= 11 is 0. The second-order valence-corrected chi connectivity index (χ2v) is 4.35. The molecule has 0 bridgehead atoms. The molecule has 0 saturated carbocycles. The highest BCUT2D eigenvalue weighted by atomic mass is 16.4. The van der Waals surface area contributed by atoms with Gasteiger partial charge in [-0.25, -0.2) is 9.59 Å². The fourth-order valence-electron chi connectivity index (χ4n) is 2.19. The highest BCUT2D eigenvalue weighted by molar-refractivity contribution is 5.87. The molecule has 1 aliphatic heterocycles. The van der Waals surface area contributed by atoms with Crippen LogP contribution in [0.3, 0.4) is 0 Å². The number of amides is 2. The smallest absolute Gasteiger partial charge is 0.356 e. The van der Waals surface area contributed by atoms with Gasteiger partial charge in [-0.3, -0.25) is 4.68 Å². The molecule has 0 atom stereocenters. The van der Waals surface area contributed by atoms with Crippen LogP contribution in [0.2, 0.25) is 0 Å². The van der Waals surface area contributed by atoms with Crippen LogP contribution in [0.15, 0.2) is 12.7 Å². The average Bonchev–Trinajstić information content (AvgIpc) is 2.73. The summed E-state index contributed by atoms with van der Waals surface area (Å²) in [5, 5.41) is 15.8. The van der Waals surface area contributed by atoms with Gasteiger partial charge < -0.3 is 15.3 Å². The van der Waals surface area contributed by atoms with Crippen molar-refractivity contribution in [3.8, 4) is 0 Å². The van der Waals surface area contributed by atoms with Crippen molar-refractivity contribution in [2.45, 2.75) is 13.0 Å². The predicted molar refractivity (Wildman–Crippen MR) is 67.9 cm³/mol. The van der Waals surface area contributed by atoms with Gasteiger partial charge in [-0.05, 0) is 6.42 Å². The molecular formula is C12H16N4O3. The number of hydrogen-bond donors (Lipinski definition) is 2. The summed E-state index contributed by atoms with van der Waals surface area (Å²) in [6.45, 7) is 4.81. The summed E-state index contributed by atoms with van der Waals surface area (Å²) < 4.78 is 1.53. The van der Waals surface area contributed by atoms with Crippen molar-refractivity contribution in [3.63, 3.8) is 0 Å². The van der Waals surface area contributed by atoms with E-state index in [1.54, 1.807) is 18.0 Å². The summed E-state index contributed by atoms with van der Waals surface area (Å²) in [5.41, 5.74) is 1.59. The molecule has 0 unspecified atom stereocenters. The Hall–Kier alpha value is -2.31. The van der Waals surface area contributed by atoms with E-state index in [9.17, 15) is 9.59 Å². The van der Waals surface area contributed by atoms with Crippen molar-refractivity contribution in [2.24, 2.45) is 7.05 Å². The summed E-state index contributed by atoms with van der Waals surface area (Å²) in [5.74, 6) is -1.03. The molecule has 7 nitrogen and oxygen atoms in total. The van der Waals surface area contributed by atoms with Crippen LogP contribution < -0.4 is 5.32 Å². The number of carbonyl (C=O) groups excluding carboxylic acids is 1. The Kier molecular flexibility index (Phi) is 3.55. The Morgan fingerprint density at radius 2 is 2.32 bits per heavy atom. The van der Waals surface area contributed by atoms with Gasteiger partial charge in [-0.15, -0.1) is 6.58 Å². The molecule has 0 saturated heterocycles.